The molecule has 0 N–H and O–H groups in total. The highest BCUT2D eigenvalue weighted by atomic mass is 16.7. The fourth-order valence-corrected chi connectivity index (χ4v) is 2.31. The predicted octanol–water partition coefficient (Wildman–Crippen LogP) is 1.90. The van der Waals surface area contributed by atoms with Crippen molar-refractivity contribution in [3.63, 3.8) is 0 Å². The molecule has 0 radical (unpaired) electrons. The average Bonchev–Trinajstić information content (AvgIpc) is 2.57. The molecule has 0 aromatic heterocycles. The lowest BCUT2D eigenvalue weighted by atomic mass is 10.1. The Morgan fingerprint density at radius 2 is 1.71 bits per heavy atom. The van der Waals surface area contributed by atoms with Crippen molar-refractivity contribution in [2.45, 2.75) is 25.2 Å². The molecule has 1 amide bonds. The molecule has 0 atom stereocenters. The van der Waals surface area contributed by atoms with Crippen molar-refractivity contribution in [3.8, 4) is 0 Å². The minimum absolute atomic E-state index is 0.0538. The number of benzene rings is 1. The van der Waals surface area contributed by atoms with E-state index in [4.69, 9.17) is 9.47 Å². The standard InChI is InChI=1S/C13H15NO3/c15-12-10-13(16-8-4-5-9-17-13)14(12)11-6-2-1-3-7-11/h1-3,6-7H,4-5,8-10H2. The monoisotopic (exact) mass is 233 g/mol. The second-order valence-corrected chi connectivity index (χ2v) is 4.36. The number of carbonyl (C=O) groups is 1. The van der Waals surface area contributed by atoms with Gasteiger partial charge in [-0.15, -0.1) is 0 Å². The van der Waals surface area contributed by atoms with E-state index in [1.165, 1.54) is 0 Å². The fraction of sp³-hybridized carbons (Fsp3) is 0.462. The van der Waals surface area contributed by atoms with Gasteiger partial charge in [0.15, 0.2) is 0 Å². The zero-order valence-electron chi connectivity index (χ0n) is 9.59. The lowest BCUT2D eigenvalue weighted by Crippen LogP contribution is -2.67. The van der Waals surface area contributed by atoms with Crippen molar-refractivity contribution in [3.05, 3.63) is 30.3 Å². The van der Waals surface area contributed by atoms with Crippen molar-refractivity contribution in [2.75, 3.05) is 18.1 Å². The zero-order valence-corrected chi connectivity index (χ0v) is 9.59. The Hall–Kier alpha value is -1.39. The van der Waals surface area contributed by atoms with E-state index in [0.717, 1.165) is 18.5 Å². The van der Waals surface area contributed by atoms with Crippen molar-refractivity contribution in [1.29, 1.82) is 0 Å². The number of hydrogen-bond acceptors (Lipinski definition) is 3. The van der Waals surface area contributed by atoms with Gasteiger partial charge >= 0.3 is 0 Å². The van der Waals surface area contributed by atoms with Crippen LogP contribution in [0, 0.1) is 0 Å². The van der Waals surface area contributed by atoms with Crippen LogP contribution in [0.2, 0.25) is 0 Å². The Balaban J connectivity index is 1.89. The zero-order chi connectivity index (χ0) is 11.7. The van der Waals surface area contributed by atoms with E-state index in [2.05, 4.69) is 0 Å². The number of para-hydroxylation sites is 1. The van der Waals surface area contributed by atoms with E-state index in [9.17, 15) is 4.79 Å². The summed E-state index contributed by atoms with van der Waals surface area (Å²) in [6, 6.07) is 9.54. The van der Waals surface area contributed by atoms with Crippen LogP contribution in [-0.2, 0) is 14.3 Å². The van der Waals surface area contributed by atoms with Crippen LogP contribution in [0.25, 0.3) is 0 Å². The van der Waals surface area contributed by atoms with Gasteiger partial charge in [0.25, 0.3) is 5.91 Å². The maximum Gasteiger partial charge on any atom is 0.267 e. The van der Waals surface area contributed by atoms with Crippen LogP contribution in [0.5, 0.6) is 0 Å². The third kappa shape index (κ3) is 1.73. The Kier molecular flexibility index (Phi) is 2.61. The number of nitrogens with zero attached hydrogens (tertiary/aromatic N) is 1. The molecule has 2 aliphatic rings. The summed E-state index contributed by atoms with van der Waals surface area (Å²) in [6.07, 6.45) is 2.29. The van der Waals surface area contributed by atoms with Crippen molar-refractivity contribution < 1.29 is 14.3 Å². The van der Waals surface area contributed by atoms with E-state index < -0.39 is 5.91 Å². The van der Waals surface area contributed by atoms with E-state index in [-0.39, 0.29) is 5.91 Å². The van der Waals surface area contributed by atoms with Gasteiger partial charge in [0, 0.05) is 5.69 Å². The Morgan fingerprint density at radius 3 is 2.29 bits per heavy atom. The molecule has 90 valence electrons. The van der Waals surface area contributed by atoms with Gasteiger partial charge in [-0.25, -0.2) is 0 Å². The third-order valence-electron chi connectivity index (χ3n) is 3.17. The molecule has 1 spiro atoms. The number of hydrogen-bond donors (Lipinski definition) is 0. The Labute approximate surface area is 100 Å². The smallest absolute Gasteiger partial charge is 0.267 e. The molecule has 2 aliphatic heterocycles. The first-order valence-electron chi connectivity index (χ1n) is 5.98. The first-order chi connectivity index (χ1) is 8.32. The molecule has 0 bridgehead atoms. The molecule has 17 heavy (non-hydrogen) atoms. The minimum Gasteiger partial charge on any atom is -0.332 e. The van der Waals surface area contributed by atoms with Gasteiger partial charge in [-0.2, -0.15) is 0 Å². The highest BCUT2D eigenvalue weighted by Crippen LogP contribution is 2.40. The highest BCUT2D eigenvalue weighted by molar-refractivity contribution is 6.01. The second kappa shape index (κ2) is 4.13. The third-order valence-corrected chi connectivity index (χ3v) is 3.17. The van der Waals surface area contributed by atoms with Crippen LogP contribution in [0.4, 0.5) is 5.69 Å². The van der Waals surface area contributed by atoms with Crippen LogP contribution in [0.3, 0.4) is 0 Å². The summed E-state index contributed by atoms with van der Waals surface area (Å²) in [7, 11) is 0. The Bertz CT molecular complexity index is 410. The van der Waals surface area contributed by atoms with Gasteiger partial charge in [-0.05, 0) is 25.0 Å². The van der Waals surface area contributed by atoms with Gasteiger partial charge in [0.2, 0.25) is 5.91 Å². The number of β-lactam (4-membered cyclic amide) rings is 1. The SMILES string of the molecule is O=C1CC2(OCCCCO2)N1c1ccccc1. The summed E-state index contributed by atoms with van der Waals surface area (Å²) in [6.45, 7) is 1.30. The maximum absolute atomic E-state index is 11.8. The largest absolute Gasteiger partial charge is 0.332 e. The van der Waals surface area contributed by atoms with Gasteiger partial charge in [-0.1, -0.05) is 18.2 Å². The molecule has 2 heterocycles. The molecule has 1 aromatic rings. The summed E-state index contributed by atoms with van der Waals surface area (Å²) < 4.78 is 11.5. The van der Waals surface area contributed by atoms with Crippen molar-refractivity contribution >= 4 is 11.6 Å². The quantitative estimate of drug-likeness (QED) is 0.695. The second-order valence-electron chi connectivity index (χ2n) is 4.36. The molecule has 4 heteroatoms. The summed E-state index contributed by atoms with van der Waals surface area (Å²) >= 11 is 0. The molecule has 0 aliphatic carbocycles. The van der Waals surface area contributed by atoms with E-state index in [1.54, 1.807) is 4.90 Å². The van der Waals surface area contributed by atoms with E-state index in [0.29, 0.717) is 19.6 Å². The number of anilines is 1. The van der Waals surface area contributed by atoms with Crippen LogP contribution >= 0.6 is 0 Å². The summed E-state index contributed by atoms with van der Waals surface area (Å²) in [5.41, 5.74) is 0.839. The topological polar surface area (TPSA) is 38.8 Å². The average molecular weight is 233 g/mol. The molecular weight excluding hydrogens is 218 g/mol. The van der Waals surface area contributed by atoms with Crippen LogP contribution < -0.4 is 4.90 Å². The van der Waals surface area contributed by atoms with Crippen molar-refractivity contribution in [2.24, 2.45) is 0 Å². The number of carbonyl (C=O) groups excluding carboxylic acids is 1. The number of amides is 1. The van der Waals surface area contributed by atoms with Gasteiger partial charge in [0.1, 0.15) is 6.42 Å². The van der Waals surface area contributed by atoms with Gasteiger partial charge < -0.3 is 9.47 Å². The molecule has 4 nitrogen and oxygen atoms in total. The van der Waals surface area contributed by atoms with E-state index >= 15 is 0 Å². The molecular formula is C13H15NO3. The maximum atomic E-state index is 11.8. The first kappa shape index (κ1) is 10.7. The number of ether oxygens (including phenoxy) is 2. The van der Waals surface area contributed by atoms with Gasteiger partial charge in [0.05, 0.1) is 13.2 Å². The molecule has 0 saturated carbocycles. The van der Waals surface area contributed by atoms with Crippen LogP contribution in [0.1, 0.15) is 19.3 Å². The molecule has 3 rings (SSSR count). The molecule has 2 fully saturated rings. The lowest BCUT2D eigenvalue weighted by Gasteiger charge is -2.49. The molecule has 2 saturated heterocycles. The fourth-order valence-electron chi connectivity index (χ4n) is 2.31. The minimum atomic E-state index is -0.838. The highest BCUT2D eigenvalue weighted by Gasteiger charge is 2.55. The Morgan fingerprint density at radius 1 is 1.06 bits per heavy atom. The number of rotatable bonds is 1. The summed E-state index contributed by atoms with van der Waals surface area (Å²) in [5, 5.41) is 0. The van der Waals surface area contributed by atoms with Crippen LogP contribution in [0.15, 0.2) is 30.3 Å². The normalized spacial score (nSPS) is 23.3. The van der Waals surface area contributed by atoms with Crippen molar-refractivity contribution in [1.82, 2.24) is 0 Å². The predicted molar refractivity (Wildman–Crippen MR) is 62.4 cm³/mol. The lowest BCUT2D eigenvalue weighted by molar-refractivity contribution is -0.249. The van der Waals surface area contributed by atoms with E-state index in [1.807, 2.05) is 30.3 Å². The molecule has 0 unspecified atom stereocenters. The summed E-state index contributed by atoms with van der Waals surface area (Å²) in [5.74, 6) is -0.785. The van der Waals surface area contributed by atoms with Gasteiger partial charge in [-0.3, -0.25) is 9.69 Å². The van der Waals surface area contributed by atoms with Crippen LogP contribution in [-0.4, -0.2) is 25.0 Å². The summed E-state index contributed by atoms with van der Waals surface area (Å²) in [4.78, 5) is 13.4. The first-order valence-corrected chi connectivity index (χ1v) is 5.98. The molecule has 1 aromatic carbocycles.